The number of carbonyl (C=O) groups is 1. The summed E-state index contributed by atoms with van der Waals surface area (Å²) < 4.78 is 3.05. The zero-order valence-corrected chi connectivity index (χ0v) is 19.7. The number of aryl methyl sites for hydroxylation is 4. The van der Waals surface area contributed by atoms with Crippen LogP contribution in [0.4, 0.5) is 0 Å². The molecular weight excluding hydrogens is 414 g/mol. The molecule has 1 amide bonds. The lowest BCUT2D eigenvalue weighted by atomic mass is 10.1. The number of hydrogen-bond donors (Lipinski definition) is 1. The fourth-order valence-electron chi connectivity index (χ4n) is 4.20. The second-order valence-corrected chi connectivity index (χ2v) is 8.52. The number of nitrogens with one attached hydrogen (secondary N) is 1. The van der Waals surface area contributed by atoms with Gasteiger partial charge in [0.1, 0.15) is 6.04 Å². The van der Waals surface area contributed by atoms with E-state index in [2.05, 4.69) is 15.5 Å². The third-order valence-electron chi connectivity index (χ3n) is 5.96. The van der Waals surface area contributed by atoms with Gasteiger partial charge in [-0.2, -0.15) is 10.2 Å². The molecule has 0 unspecified atom stereocenters. The summed E-state index contributed by atoms with van der Waals surface area (Å²) in [6.45, 7) is 10.1. The number of benzene rings is 2. The largest absolute Gasteiger partial charge is 0.350 e. The summed E-state index contributed by atoms with van der Waals surface area (Å²) in [5.41, 5.74) is 5.65. The van der Waals surface area contributed by atoms with Crippen molar-refractivity contribution in [3.63, 3.8) is 0 Å². The molecule has 2 heterocycles. The van der Waals surface area contributed by atoms with Crippen molar-refractivity contribution in [2.45, 2.75) is 53.6 Å². The van der Waals surface area contributed by atoms with Crippen molar-refractivity contribution >= 4 is 16.8 Å². The smallest absolute Gasteiger partial charge is 0.295 e. The van der Waals surface area contributed by atoms with Gasteiger partial charge in [0.25, 0.3) is 5.56 Å². The summed E-state index contributed by atoms with van der Waals surface area (Å²) in [5, 5.41) is 12.8. The summed E-state index contributed by atoms with van der Waals surface area (Å²) in [7, 11) is 0. The van der Waals surface area contributed by atoms with Gasteiger partial charge >= 0.3 is 0 Å². The van der Waals surface area contributed by atoms with E-state index in [1.54, 1.807) is 4.68 Å². The average Bonchev–Trinajstić information content (AvgIpc) is 3.14. The van der Waals surface area contributed by atoms with Crippen LogP contribution < -0.4 is 10.9 Å². The molecule has 0 radical (unpaired) electrons. The van der Waals surface area contributed by atoms with Crippen LogP contribution in [-0.2, 0) is 11.3 Å². The van der Waals surface area contributed by atoms with Crippen LogP contribution in [0.15, 0.2) is 53.3 Å². The molecule has 2 aromatic carbocycles. The second-order valence-electron chi connectivity index (χ2n) is 8.52. The molecule has 7 heteroatoms. The predicted octanol–water partition coefficient (Wildman–Crippen LogP) is 4.08. The number of rotatable bonds is 6. The van der Waals surface area contributed by atoms with Gasteiger partial charge in [0.2, 0.25) is 5.91 Å². The van der Waals surface area contributed by atoms with Crippen molar-refractivity contribution < 1.29 is 4.79 Å². The van der Waals surface area contributed by atoms with Crippen LogP contribution in [0.2, 0.25) is 0 Å². The molecule has 0 aliphatic carbocycles. The fourth-order valence-corrected chi connectivity index (χ4v) is 4.20. The van der Waals surface area contributed by atoms with Crippen molar-refractivity contribution in [2.24, 2.45) is 0 Å². The van der Waals surface area contributed by atoms with E-state index >= 15 is 0 Å². The maximum atomic E-state index is 13.4. The molecule has 0 aliphatic heterocycles. The lowest BCUT2D eigenvalue weighted by Crippen LogP contribution is -2.38. The van der Waals surface area contributed by atoms with Crippen LogP contribution in [0.3, 0.4) is 0 Å². The van der Waals surface area contributed by atoms with Gasteiger partial charge in [0, 0.05) is 6.54 Å². The van der Waals surface area contributed by atoms with Crippen LogP contribution in [-0.4, -0.2) is 25.5 Å². The minimum atomic E-state index is -0.713. The van der Waals surface area contributed by atoms with Crippen molar-refractivity contribution in [3.8, 4) is 5.69 Å². The van der Waals surface area contributed by atoms with Gasteiger partial charge in [-0.25, -0.2) is 9.36 Å². The lowest BCUT2D eigenvalue weighted by molar-refractivity contribution is -0.125. The molecule has 4 rings (SSSR count). The number of amides is 1. The highest BCUT2D eigenvalue weighted by molar-refractivity contribution is 5.84. The Morgan fingerprint density at radius 3 is 2.39 bits per heavy atom. The van der Waals surface area contributed by atoms with Gasteiger partial charge in [-0.15, -0.1) is 0 Å². The maximum absolute atomic E-state index is 13.4. The lowest BCUT2D eigenvalue weighted by Gasteiger charge is -2.17. The van der Waals surface area contributed by atoms with Crippen molar-refractivity contribution in [1.29, 1.82) is 0 Å². The van der Waals surface area contributed by atoms with E-state index in [9.17, 15) is 9.59 Å². The highest BCUT2D eigenvalue weighted by Gasteiger charge is 2.25. The number of aromatic nitrogens is 4. The molecule has 1 N–H and O–H groups in total. The Morgan fingerprint density at radius 2 is 1.73 bits per heavy atom. The molecule has 1 atom stereocenters. The first-order valence-corrected chi connectivity index (χ1v) is 11.2. The Hall–Kier alpha value is -3.74. The van der Waals surface area contributed by atoms with Crippen molar-refractivity contribution in [1.82, 2.24) is 24.9 Å². The molecule has 0 bridgehead atoms. The van der Waals surface area contributed by atoms with E-state index in [1.807, 2.05) is 83.1 Å². The van der Waals surface area contributed by atoms with Crippen LogP contribution in [0.1, 0.15) is 47.5 Å². The predicted molar refractivity (Wildman–Crippen MR) is 130 cm³/mol. The van der Waals surface area contributed by atoms with E-state index in [4.69, 9.17) is 0 Å². The molecule has 0 fully saturated rings. The normalized spacial score (nSPS) is 12.2. The van der Waals surface area contributed by atoms with Gasteiger partial charge in [0.15, 0.2) is 5.52 Å². The zero-order valence-electron chi connectivity index (χ0n) is 19.7. The minimum absolute atomic E-state index is 0.234. The zero-order chi connectivity index (χ0) is 23.7. The third kappa shape index (κ3) is 4.31. The molecular formula is C26H29N5O2. The first-order valence-electron chi connectivity index (χ1n) is 11.2. The Kier molecular flexibility index (Phi) is 6.14. The number of nitrogens with zero attached hydrogens (tertiary/aromatic N) is 4. The molecule has 0 spiro atoms. The standard InChI is InChI=1S/C26H29N5O2/c1-6-22(25(32)27-15-20-9-7-8-17(3)14-20)31-26(33)24-23(18(4)28-31)19(5)30(29-24)21-12-10-16(2)11-13-21/h7-14,22H,6,15H2,1-5H3,(H,27,32)/t22-/m1/s1. The fraction of sp³-hybridized carbons (Fsp3) is 0.308. The number of fused-ring (bicyclic) bond motifs is 1. The van der Waals surface area contributed by atoms with Gasteiger partial charge in [-0.3, -0.25) is 9.59 Å². The molecule has 0 saturated heterocycles. The van der Waals surface area contributed by atoms with Crippen molar-refractivity contribution in [3.05, 3.63) is 87.0 Å². The van der Waals surface area contributed by atoms with Crippen LogP contribution in [0.25, 0.3) is 16.6 Å². The molecule has 4 aromatic rings. The third-order valence-corrected chi connectivity index (χ3v) is 5.96. The van der Waals surface area contributed by atoms with E-state index in [0.29, 0.717) is 24.2 Å². The van der Waals surface area contributed by atoms with Gasteiger partial charge in [0.05, 0.1) is 22.5 Å². The van der Waals surface area contributed by atoms with E-state index in [1.165, 1.54) is 4.68 Å². The van der Waals surface area contributed by atoms with Gasteiger partial charge in [-0.1, -0.05) is 54.4 Å². The SMILES string of the molecule is CC[C@H](C(=O)NCc1cccc(C)c1)n1nc(C)c2c(C)n(-c3ccc(C)cc3)nc2c1=O. The Labute approximate surface area is 193 Å². The Bertz CT molecular complexity index is 1380. The molecule has 7 nitrogen and oxygen atoms in total. The summed E-state index contributed by atoms with van der Waals surface area (Å²) in [4.78, 5) is 26.4. The first kappa shape index (κ1) is 22.5. The summed E-state index contributed by atoms with van der Waals surface area (Å²) >= 11 is 0. The summed E-state index contributed by atoms with van der Waals surface area (Å²) in [6.07, 6.45) is 0.440. The van der Waals surface area contributed by atoms with Crippen LogP contribution >= 0.6 is 0 Å². The van der Waals surface area contributed by atoms with Crippen LogP contribution in [0.5, 0.6) is 0 Å². The highest BCUT2D eigenvalue weighted by atomic mass is 16.2. The van der Waals surface area contributed by atoms with Gasteiger partial charge in [-0.05, 0) is 51.8 Å². The number of carbonyl (C=O) groups excluding carboxylic acids is 1. The van der Waals surface area contributed by atoms with Crippen LogP contribution in [0, 0.1) is 27.7 Å². The second kappa shape index (κ2) is 9.02. The van der Waals surface area contributed by atoms with E-state index in [-0.39, 0.29) is 11.5 Å². The maximum Gasteiger partial charge on any atom is 0.295 e. The molecule has 33 heavy (non-hydrogen) atoms. The Balaban J connectivity index is 1.70. The number of hydrogen-bond acceptors (Lipinski definition) is 4. The minimum Gasteiger partial charge on any atom is -0.350 e. The van der Waals surface area contributed by atoms with E-state index < -0.39 is 6.04 Å². The van der Waals surface area contributed by atoms with Crippen molar-refractivity contribution in [2.75, 3.05) is 0 Å². The highest BCUT2D eigenvalue weighted by Crippen LogP contribution is 2.22. The average molecular weight is 444 g/mol. The molecule has 2 aromatic heterocycles. The monoisotopic (exact) mass is 443 g/mol. The quantitative estimate of drug-likeness (QED) is 0.487. The Morgan fingerprint density at radius 1 is 1.00 bits per heavy atom. The first-order chi connectivity index (χ1) is 15.8. The molecule has 0 saturated carbocycles. The van der Waals surface area contributed by atoms with E-state index in [0.717, 1.165) is 33.5 Å². The molecule has 0 aliphatic rings. The van der Waals surface area contributed by atoms with Gasteiger partial charge < -0.3 is 5.32 Å². The summed E-state index contributed by atoms with van der Waals surface area (Å²) in [5.74, 6) is -0.234. The topological polar surface area (TPSA) is 81.8 Å². The summed E-state index contributed by atoms with van der Waals surface area (Å²) in [6, 6.07) is 15.2. The molecule has 170 valence electrons.